The van der Waals surface area contributed by atoms with E-state index in [9.17, 15) is 13.2 Å². The van der Waals surface area contributed by atoms with Gasteiger partial charge in [0.25, 0.3) is 10.0 Å². The summed E-state index contributed by atoms with van der Waals surface area (Å²) >= 11 is 0. The zero-order valence-corrected chi connectivity index (χ0v) is 18.5. The molecule has 2 aromatic rings. The fourth-order valence-electron chi connectivity index (χ4n) is 3.88. The molecule has 1 atom stereocenters. The van der Waals surface area contributed by atoms with Gasteiger partial charge in [0.15, 0.2) is 5.84 Å². The first-order valence-corrected chi connectivity index (χ1v) is 11.5. The molecule has 1 N–H and O–H groups in total. The van der Waals surface area contributed by atoms with Crippen molar-refractivity contribution in [2.75, 3.05) is 18.4 Å². The maximum atomic E-state index is 13.0. The van der Waals surface area contributed by atoms with E-state index >= 15 is 0 Å². The summed E-state index contributed by atoms with van der Waals surface area (Å²) in [6, 6.07) is 8.75. The predicted molar refractivity (Wildman–Crippen MR) is 115 cm³/mol. The molecule has 2 aliphatic heterocycles. The third-order valence-electron chi connectivity index (χ3n) is 5.60. The number of nitrogens with zero attached hydrogens (tertiary/aromatic N) is 4. The molecule has 3 heterocycles. The van der Waals surface area contributed by atoms with Crippen molar-refractivity contribution in [1.82, 2.24) is 14.7 Å². The second-order valence-corrected chi connectivity index (χ2v) is 10.5. The van der Waals surface area contributed by atoms with Crippen LogP contribution in [-0.4, -0.2) is 47.9 Å². The Morgan fingerprint density at radius 2 is 1.97 bits per heavy atom. The molecule has 0 radical (unpaired) electrons. The molecular weight excluding hydrogens is 402 g/mol. The number of nitrogens with one attached hydrogen (secondary N) is 1. The van der Waals surface area contributed by atoms with E-state index < -0.39 is 10.0 Å². The van der Waals surface area contributed by atoms with Crippen LogP contribution < -0.4 is 5.32 Å². The van der Waals surface area contributed by atoms with Gasteiger partial charge in [-0.2, -0.15) is 13.5 Å². The van der Waals surface area contributed by atoms with Gasteiger partial charge in [0.1, 0.15) is 10.7 Å². The van der Waals surface area contributed by atoms with Crippen LogP contribution >= 0.6 is 0 Å². The smallest absolute Gasteiger partial charge is 0.285 e. The Bertz CT molecular complexity index is 1130. The molecule has 1 saturated heterocycles. The Labute approximate surface area is 177 Å². The number of hydrogen-bond donors (Lipinski definition) is 1. The molecule has 30 heavy (non-hydrogen) atoms. The van der Waals surface area contributed by atoms with Crippen molar-refractivity contribution in [3.63, 3.8) is 0 Å². The highest BCUT2D eigenvalue weighted by Gasteiger charge is 2.35. The topological polar surface area (TPSA) is 96.7 Å². The molecule has 1 fully saturated rings. The van der Waals surface area contributed by atoms with Crippen LogP contribution in [0, 0.1) is 5.92 Å². The molecule has 9 heteroatoms. The standard InChI is InChI=1S/C21H27N5O3S/c1-21(2,3)17-12-18(25(4)23-17)22-20(27)14-8-7-11-26(13-14)19-15-9-5-6-10-16(15)30(28,29)24-19/h5-6,9-10,12,14H,7-8,11,13H2,1-4H3,(H,22,27)/t14-/m0/s1. The van der Waals surface area contributed by atoms with Crippen LogP contribution in [0.4, 0.5) is 5.82 Å². The largest absolute Gasteiger partial charge is 0.355 e. The Kier molecular flexibility index (Phi) is 4.96. The lowest BCUT2D eigenvalue weighted by atomic mass is 9.92. The highest BCUT2D eigenvalue weighted by atomic mass is 32.2. The fraction of sp³-hybridized carbons (Fsp3) is 0.476. The highest BCUT2D eigenvalue weighted by molar-refractivity contribution is 7.90. The van der Waals surface area contributed by atoms with Gasteiger partial charge in [0, 0.05) is 37.2 Å². The van der Waals surface area contributed by atoms with Gasteiger partial charge in [-0.25, -0.2) is 0 Å². The number of aryl methyl sites for hydroxylation is 1. The zero-order chi connectivity index (χ0) is 21.7. The second kappa shape index (κ2) is 7.23. The number of rotatable bonds is 2. The summed E-state index contributed by atoms with van der Waals surface area (Å²) in [4.78, 5) is 15.1. The molecule has 1 aromatic carbocycles. The summed E-state index contributed by atoms with van der Waals surface area (Å²) in [7, 11) is -1.86. The van der Waals surface area contributed by atoms with E-state index in [0.717, 1.165) is 18.5 Å². The summed E-state index contributed by atoms with van der Waals surface area (Å²) in [5.41, 5.74) is 1.41. The Balaban J connectivity index is 1.51. The number of likely N-dealkylation sites (tertiary alicyclic amines) is 1. The van der Waals surface area contributed by atoms with Crippen molar-refractivity contribution >= 4 is 27.6 Å². The molecule has 1 aromatic heterocycles. The van der Waals surface area contributed by atoms with Crippen LogP contribution in [-0.2, 0) is 27.3 Å². The van der Waals surface area contributed by atoms with Gasteiger partial charge in [0.2, 0.25) is 5.91 Å². The minimum Gasteiger partial charge on any atom is -0.355 e. The summed E-state index contributed by atoms with van der Waals surface area (Å²) in [6.45, 7) is 7.33. The first-order valence-electron chi connectivity index (χ1n) is 10.1. The lowest BCUT2D eigenvalue weighted by Crippen LogP contribution is -2.43. The SMILES string of the molecule is Cn1nc(C(C)(C)C)cc1NC(=O)[C@H]1CCCN(C2=NS(=O)(=O)c3ccccc32)C1. The third-order valence-corrected chi connectivity index (χ3v) is 6.93. The molecule has 0 bridgehead atoms. The van der Waals surface area contributed by atoms with E-state index in [1.165, 1.54) is 0 Å². The van der Waals surface area contributed by atoms with E-state index in [-0.39, 0.29) is 22.1 Å². The van der Waals surface area contributed by atoms with Crippen LogP contribution in [0.15, 0.2) is 39.6 Å². The van der Waals surface area contributed by atoms with Gasteiger partial charge >= 0.3 is 0 Å². The van der Waals surface area contributed by atoms with E-state index in [1.807, 2.05) is 18.0 Å². The highest BCUT2D eigenvalue weighted by Crippen LogP contribution is 2.30. The van der Waals surface area contributed by atoms with Crippen molar-refractivity contribution in [3.8, 4) is 0 Å². The van der Waals surface area contributed by atoms with E-state index in [1.54, 1.807) is 28.9 Å². The van der Waals surface area contributed by atoms with Gasteiger partial charge < -0.3 is 10.2 Å². The second-order valence-electron chi connectivity index (χ2n) is 8.95. The first-order chi connectivity index (χ1) is 14.1. The molecule has 0 saturated carbocycles. The van der Waals surface area contributed by atoms with Crippen LogP contribution in [0.5, 0.6) is 0 Å². The molecule has 4 rings (SSSR count). The van der Waals surface area contributed by atoms with Gasteiger partial charge in [0.05, 0.1) is 11.6 Å². The number of anilines is 1. The summed E-state index contributed by atoms with van der Waals surface area (Å²) in [5.74, 6) is 0.759. The summed E-state index contributed by atoms with van der Waals surface area (Å²) < 4.78 is 30.4. The number of hydrogen-bond acceptors (Lipinski definition) is 5. The zero-order valence-electron chi connectivity index (χ0n) is 17.7. The molecule has 0 spiro atoms. The molecule has 1 amide bonds. The van der Waals surface area contributed by atoms with Crippen LogP contribution in [0.25, 0.3) is 0 Å². The van der Waals surface area contributed by atoms with Gasteiger partial charge in [-0.05, 0) is 25.0 Å². The average Bonchev–Trinajstić information content (AvgIpc) is 3.19. The molecular formula is C21H27N5O3S. The normalized spacial score (nSPS) is 20.6. The van der Waals surface area contributed by atoms with Crippen molar-refractivity contribution < 1.29 is 13.2 Å². The van der Waals surface area contributed by atoms with Crippen molar-refractivity contribution in [3.05, 3.63) is 41.6 Å². The number of amides is 1. The number of aromatic nitrogens is 2. The number of amidine groups is 1. The number of benzene rings is 1. The van der Waals surface area contributed by atoms with Crippen molar-refractivity contribution in [1.29, 1.82) is 0 Å². The monoisotopic (exact) mass is 429 g/mol. The van der Waals surface area contributed by atoms with Crippen molar-refractivity contribution in [2.45, 2.75) is 43.9 Å². The number of carbonyl (C=O) groups excluding carboxylic acids is 1. The predicted octanol–water partition coefficient (Wildman–Crippen LogP) is 2.52. The molecule has 2 aliphatic rings. The number of carbonyl (C=O) groups is 1. The number of sulfonamides is 1. The minimum atomic E-state index is -3.67. The Morgan fingerprint density at radius 3 is 2.67 bits per heavy atom. The van der Waals surface area contributed by atoms with Crippen LogP contribution in [0.2, 0.25) is 0 Å². The van der Waals surface area contributed by atoms with Gasteiger partial charge in [-0.3, -0.25) is 9.48 Å². The third kappa shape index (κ3) is 3.74. The summed E-state index contributed by atoms with van der Waals surface area (Å²) in [5, 5.41) is 7.50. The molecule has 8 nitrogen and oxygen atoms in total. The van der Waals surface area contributed by atoms with Gasteiger partial charge in [-0.15, -0.1) is 4.40 Å². The van der Waals surface area contributed by atoms with Gasteiger partial charge in [-0.1, -0.05) is 32.9 Å². The molecule has 0 aliphatic carbocycles. The van der Waals surface area contributed by atoms with Crippen LogP contribution in [0.1, 0.15) is 44.9 Å². The summed E-state index contributed by atoms with van der Waals surface area (Å²) in [6.07, 6.45) is 1.53. The Hall–Kier alpha value is -2.68. The molecule has 0 unspecified atom stereocenters. The average molecular weight is 430 g/mol. The van der Waals surface area contributed by atoms with E-state index in [4.69, 9.17) is 0 Å². The number of fused-ring (bicyclic) bond motifs is 1. The first kappa shape index (κ1) is 20.6. The lowest BCUT2D eigenvalue weighted by molar-refractivity contribution is -0.121. The Morgan fingerprint density at radius 1 is 1.23 bits per heavy atom. The van der Waals surface area contributed by atoms with Crippen molar-refractivity contribution in [2.24, 2.45) is 17.4 Å². The fourth-order valence-corrected chi connectivity index (χ4v) is 5.11. The van der Waals surface area contributed by atoms with E-state index in [0.29, 0.717) is 30.3 Å². The van der Waals surface area contributed by atoms with E-state index in [2.05, 4.69) is 35.6 Å². The maximum absolute atomic E-state index is 13.0. The van der Waals surface area contributed by atoms with Crippen LogP contribution in [0.3, 0.4) is 0 Å². The maximum Gasteiger partial charge on any atom is 0.285 e. The number of piperidine rings is 1. The quantitative estimate of drug-likeness (QED) is 0.791. The minimum absolute atomic E-state index is 0.0853. The lowest BCUT2D eigenvalue weighted by Gasteiger charge is -2.33. The molecule has 160 valence electrons.